The third kappa shape index (κ3) is 1.17. The average molecular weight is 268 g/mol. The van der Waals surface area contributed by atoms with Crippen molar-refractivity contribution in [3.63, 3.8) is 0 Å². The van der Waals surface area contributed by atoms with Gasteiger partial charge >= 0.3 is 0 Å². The molecule has 5 atom stereocenters. The SMILES string of the molecule is CC1=CCC2=C(C(=O)C3(C)C4C=CC(C4)C3C2=O)C1C. The van der Waals surface area contributed by atoms with E-state index in [0.717, 1.165) is 17.6 Å². The first-order valence-electron chi connectivity index (χ1n) is 7.63. The van der Waals surface area contributed by atoms with E-state index in [2.05, 4.69) is 32.1 Å². The van der Waals surface area contributed by atoms with Crippen molar-refractivity contribution in [2.45, 2.75) is 33.6 Å². The summed E-state index contributed by atoms with van der Waals surface area (Å²) in [5.74, 6) is 1.08. The van der Waals surface area contributed by atoms with Crippen LogP contribution in [-0.4, -0.2) is 11.6 Å². The van der Waals surface area contributed by atoms with Crippen LogP contribution in [-0.2, 0) is 9.59 Å². The van der Waals surface area contributed by atoms with Gasteiger partial charge in [0, 0.05) is 28.4 Å². The highest BCUT2D eigenvalue weighted by molar-refractivity contribution is 6.17. The second-order valence-corrected chi connectivity index (χ2v) is 7.11. The van der Waals surface area contributed by atoms with Crippen molar-refractivity contribution in [2.75, 3.05) is 0 Å². The maximum Gasteiger partial charge on any atom is 0.167 e. The zero-order chi connectivity index (χ0) is 14.2. The Morgan fingerprint density at radius 2 is 2.00 bits per heavy atom. The van der Waals surface area contributed by atoms with Gasteiger partial charge in [0.05, 0.1) is 0 Å². The molecule has 0 N–H and O–H groups in total. The smallest absolute Gasteiger partial charge is 0.167 e. The van der Waals surface area contributed by atoms with Crippen LogP contribution in [0.5, 0.6) is 0 Å². The molecule has 0 aromatic heterocycles. The van der Waals surface area contributed by atoms with E-state index in [1.165, 1.54) is 5.57 Å². The van der Waals surface area contributed by atoms with Crippen LogP contribution in [0.2, 0.25) is 0 Å². The highest BCUT2D eigenvalue weighted by Gasteiger charge is 2.63. The fourth-order valence-corrected chi connectivity index (χ4v) is 4.95. The van der Waals surface area contributed by atoms with Gasteiger partial charge in [-0.05, 0) is 31.6 Å². The molecule has 5 unspecified atom stereocenters. The topological polar surface area (TPSA) is 34.1 Å². The van der Waals surface area contributed by atoms with Crippen molar-refractivity contribution in [1.82, 2.24) is 0 Å². The first-order valence-corrected chi connectivity index (χ1v) is 7.63. The first-order chi connectivity index (χ1) is 9.46. The summed E-state index contributed by atoms with van der Waals surface area (Å²) in [6.45, 7) is 6.18. The second-order valence-electron chi connectivity index (χ2n) is 7.11. The summed E-state index contributed by atoms with van der Waals surface area (Å²) in [5.41, 5.74) is 2.40. The Balaban J connectivity index is 1.90. The summed E-state index contributed by atoms with van der Waals surface area (Å²) >= 11 is 0. The van der Waals surface area contributed by atoms with E-state index >= 15 is 0 Å². The quantitative estimate of drug-likeness (QED) is 0.632. The predicted molar refractivity (Wildman–Crippen MR) is 76.9 cm³/mol. The molecule has 0 spiro atoms. The summed E-state index contributed by atoms with van der Waals surface area (Å²) in [6, 6.07) is 0. The van der Waals surface area contributed by atoms with Crippen molar-refractivity contribution in [2.24, 2.45) is 29.1 Å². The summed E-state index contributed by atoms with van der Waals surface area (Å²) < 4.78 is 0. The predicted octanol–water partition coefficient (Wildman–Crippen LogP) is 3.25. The lowest BCUT2D eigenvalue weighted by atomic mass is 9.56. The van der Waals surface area contributed by atoms with Crippen LogP contribution in [0.1, 0.15) is 33.6 Å². The minimum absolute atomic E-state index is 0.0947. The summed E-state index contributed by atoms with van der Waals surface area (Å²) in [6.07, 6.45) is 8.11. The molecule has 0 aliphatic heterocycles. The molecular formula is C18H20O2. The third-order valence-electron chi connectivity index (χ3n) is 6.34. The summed E-state index contributed by atoms with van der Waals surface area (Å²) in [7, 11) is 0. The number of carbonyl (C=O) groups excluding carboxylic acids is 2. The Labute approximate surface area is 119 Å². The highest BCUT2D eigenvalue weighted by atomic mass is 16.1. The van der Waals surface area contributed by atoms with Crippen molar-refractivity contribution in [1.29, 1.82) is 0 Å². The number of fused-ring (bicyclic) bond motifs is 5. The van der Waals surface area contributed by atoms with E-state index in [4.69, 9.17) is 0 Å². The van der Waals surface area contributed by atoms with E-state index in [1.54, 1.807) is 0 Å². The Bertz CT molecular complexity index is 634. The van der Waals surface area contributed by atoms with Crippen LogP contribution in [0.15, 0.2) is 34.9 Å². The standard InChI is InChI=1S/C18H20O2/c1-9-4-7-13-14(10(9)2)17(20)18(3)12-6-5-11(8-12)15(18)16(13)19/h4-6,10-12,15H,7-8H2,1-3H3. The van der Waals surface area contributed by atoms with Crippen LogP contribution < -0.4 is 0 Å². The van der Waals surface area contributed by atoms with Gasteiger partial charge < -0.3 is 0 Å². The average Bonchev–Trinajstić information content (AvgIpc) is 2.99. The number of rotatable bonds is 0. The molecular weight excluding hydrogens is 248 g/mol. The molecule has 0 aromatic carbocycles. The van der Waals surface area contributed by atoms with Gasteiger partial charge in [0.15, 0.2) is 11.6 Å². The molecule has 0 aromatic rings. The fourth-order valence-electron chi connectivity index (χ4n) is 4.95. The lowest BCUT2D eigenvalue weighted by Gasteiger charge is -2.44. The maximum absolute atomic E-state index is 13.2. The lowest BCUT2D eigenvalue weighted by molar-refractivity contribution is -0.138. The minimum atomic E-state index is -0.471. The maximum atomic E-state index is 13.2. The molecule has 4 rings (SSSR count). The van der Waals surface area contributed by atoms with Crippen LogP contribution in [0.3, 0.4) is 0 Å². The number of Topliss-reactive ketones (excluding diaryl/α,β-unsaturated/α-hetero) is 2. The van der Waals surface area contributed by atoms with Crippen molar-refractivity contribution < 1.29 is 9.59 Å². The number of hydrogen-bond acceptors (Lipinski definition) is 2. The van der Waals surface area contributed by atoms with Gasteiger partial charge in [-0.3, -0.25) is 9.59 Å². The van der Waals surface area contributed by atoms with Crippen LogP contribution in [0, 0.1) is 29.1 Å². The highest BCUT2D eigenvalue weighted by Crippen LogP contribution is 2.61. The molecule has 2 heteroatoms. The molecule has 20 heavy (non-hydrogen) atoms. The molecule has 1 saturated carbocycles. The van der Waals surface area contributed by atoms with Crippen molar-refractivity contribution >= 4 is 11.6 Å². The summed E-state index contributed by atoms with van der Waals surface area (Å²) in [4.78, 5) is 26.1. The van der Waals surface area contributed by atoms with Crippen LogP contribution in [0.4, 0.5) is 0 Å². The molecule has 4 aliphatic carbocycles. The Morgan fingerprint density at radius 3 is 2.75 bits per heavy atom. The Hall–Kier alpha value is -1.44. The molecule has 2 nitrogen and oxygen atoms in total. The molecule has 2 bridgehead atoms. The zero-order valence-electron chi connectivity index (χ0n) is 12.3. The van der Waals surface area contributed by atoms with Gasteiger partial charge in [0.2, 0.25) is 0 Å². The van der Waals surface area contributed by atoms with E-state index in [9.17, 15) is 9.59 Å². The largest absolute Gasteiger partial charge is 0.294 e. The monoisotopic (exact) mass is 268 g/mol. The van der Waals surface area contributed by atoms with Crippen LogP contribution >= 0.6 is 0 Å². The normalized spacial score (nSPS) is 45.6. The van der Waals surface area contributed by atoms with E-state index in [0.29, 0.717) is 6.42 Å². The second kappa shape index (κ2) is 3.60. The fraction of sp³-hybridized carbons (Fsp3) is 0.556. The number of ketones is 2. The lowest BCUT2D eigenvalue weighted by Crippen LogP contribution is -2.49. The summed E-state index contributed by atoms with van der Waals surface area (Å²) in [5, 5.41) is 0. The zero-order valence-corrected chi connectivity index (χ0v) is 12.3. The van der Waals surface area contributed by atoms with Gasteiger partial charge in [0.25, 0.3) is 0 Å². The number of carbonyl (C=O) groups is 2. The third-order valence-corrected chi connectivity index (χ3v) is 6.34. The molecule has 0 amide bonds. The molecule has 4 aliphatic rings. The van der Waals surface area contributed by atoms with Gasteiger partial charge in [-0.2, -0.15) is 0 Å². The Morgan fingerprint density at radius 1 is 1.25 bits per heavy atom. The van der Waals surface area contributed by atoms with Crippen molar-refractivity contribution in [3.8, 4) is 0 Å². The van der Waals surface area contributed by atoms with Gasteiger partial charge in [-0.15, -0.1) is 0 Å². The first kappa shape index (κ1) is 12.3. The van der Waals surface area contributed by atoms with E-state index in [1.807, 2.05) is 6.92 Å². The minimum Gasteiger partial charge on any atom is -0.294 e. The van der Waals surface area contributed by atoms with Gasteiger partial charge in [-0.1, -0.05) is 37.6 Å². The molecule has 0 radical (unpaired) electrons. The Kier molecular flexibility index (Phi) is 2.22. The van der Waals surface area contributed by atoms with E-state index in [-0.39, 0.29) is 35.2 Å². The van der Waals surface area contributed by atoms with Crippen LogP contribution in [0.25, 0.3) is 0 Å². The molecule has 0 saturated heterocycles. The molecule has 1 fully saturated rings. The van der Waals surface area contributed by atoms with Crippen molar-refractivity contribution in [3.05, 3.63) is 34.9 Å². The number of hydrogen-bond donors (Lipinski definition) is 0. The van der Waals surface area contributed by atoms with Gasteiger partial charge in [-0.25, -0.2) is 0 Å². The van der Waals surface area contributed by atoms with E-state index < -0.39 is 5.41 Å². The number of allylic oxidation sites excluding steroid dienone is 6. The molecule has 104 valence electrons. The molecule has 0 heterocycles. The van der Waals surface area contributed by atoms with Gasteiger partial charge in [0.1, 0.15) is 0 Å².